The van der Waals surface area contributed by atoms with E-state index in [0.29, 0.717) is 0 Å². The van der Waals surface area contributed by atoms with E-state index in [9.17, 15) is 0 Å². The summed E-state index contributed by atoms with van der Waals surface area (Å²) < 4.78 is 0. The highest BCUT2D eigenvalue weighted by Crippen LogP contribution is 1.22. The number of nitrogens with zero attached hydrogens (tertiary/aromatic N) is 2. The molecule has 0 unspecified atom stereocenters. The van der Waals surface area contributed by atoms with Crippen LogP contribution >= 0.6 is 0 Å². The van der Waals surface area contributed by atoms with Crippen LogP contribution < -0.4 is 6.15 Å². The quantitative estimate of drug-likeness (QED) is 0.495. The Morgan fingerprint density at radius 2 is 1.00 bits per heavy atom. The maximum atomic E-state index is 7.32. The molecule has 7 heavy (non-hydrogen) atoms. The van der Waals surface area contributed by atoms with Gasteiger partial charge in [0, 0.05) is 13.8 Å². The van der Waals surface area contributed by atoms with Gasteiger partial charge in [0.1, 0.15) is 0 Å². The van der Waals surface area contributed by atoms with Gasteiger partial charge in [-0.25, -0.2) is 0 Å². The van der Waals surface area contributed by atoms with Crippen LogP contribution in [0.2, 0.25) is 0 Å². The molecule has 0 rings (SSSR count). The highest BCUT2D eigenvalue weighted by atomic mass is 14.2. The van der Waals surface area contributed by atoms with E-state index in [1.807, 2.05) is 0 Å². The van der Waals surface area contributed by atoms with Gasteiger partial charge < -0.3 is 6.15 Å². The van der Waals surface area contributed by atoms with Crippen LogP contribution in [0.15, 0.2) is 0 Å². The maximum absolute atomic E-state index is 7.32. The van der Waals surface area contributed by atoms with Gasteiger partial charge in [-0.15, -0.1) is 0 Å². The first-order valence-electron chi connectivity index (χ1n) is 1.45. The van der Waals surface area contributed by atoms with Crippen molar-refractivity contribution in [2.45, 2.75) is 13.8 Å². The van der Waals surface area contributed by atoms with Crippen LogP contribution in [0.3, 0.4) is 0 Å². The van der Waals surface area contributed by atoms with Crippen molar-refractivity contribution in [1.82, 2.24) is 6.15 Å². The third kappa shape index (κ3) is 38.0. The molecule has 0 aliphatic rings. The summed E-state index contributed by atoms with van der Waals surface area (Å²) in [5.74, 6) is 0. The molecular weight excluding hydrogens is 90.1 g/mol. The zero-order chi connectivity index (χ0) is 5.41. The predicted octanol–water partition coefficient (Wildman–Crippen LogP) is 1.22. The number of rotatable bonds is 0. The molecule has 3 N–H and O–H groups in total. The number of nitriles is 2. The van der Waals surface area contributed by atoms with Crippen molar-refractivity contribution in [3.05, 3.63) is 0 Å². The standard InChI is InChI=1S/2C2H3N.H3N/c2*1-2-3;/h2*1H3;1H3. The Morgan fingerprint density at radius 3 is 1.00 bits per heavy atom. The Morgan fingerprint density at radius 1 is 1.00 bits per heavy atom. The highest BCUT2D eigenvalue weighted by Gasteiger charge is 1.18. The number of hydrogen-bond acceptors (Lipinski definition) is 3. The summed E-state index contributed by atoms with van der Waals surface area (Å²) in [6, 6.07) is 3.50. The van der Waals surface area contributed by atoms with Gasteiger partial charge in [0.2, 0.25) is 0 Å². The Labute approximate surface area is 43.8 Å². The van der Waals surface area contributed by atoms with Crippen molar-refractivity contribution in [3.63, 3.8) is 0 Å². The summed E-state index contributed by atoms with van der Waals surface area (Å²) in [6.07, 6.45) is 0. The van der Waals surface area contributed by atoms with Gasteiger partial charge in [-0.2, -0.15) is 10.5 Å². The zero-order valence-electron chi connectivity index (χ0n) is 4.60. The minimum absolute atomic E-state index is 0. The van der Waals surface area contributed by atoms with Gasteiger partial charge in [-0.05, 0) is 0 Å². The lowest BCUT2D eigenvalue weighted by atomic mass is 11.0. The molecule has 0 aliphatic carbocycles. The van der Waals surface area contributed by atoms with Gasteiger partial charge in [0.15, 0.2) is 0 Å². The van der Waals surface area contributed by atoms with Crippen molar-refractivity contribution in [3.8, 4) is 12.1 Å². The van der Waals surface area contributed by atoms with Gasteiger partial charge in [0.05, 0.1) is 12.1 Å². The molecule has 0 aliphatic heterocycles. The van der Waals surface area contributed by atoms with Crippen LogP contribution in [0.4, 0.5) is 0 Å². The third-order valence-electron chi connectivity index (χ3n) is 0. The van der Waals surface area contributed by atoms with Gasteiger partial charge >= 0.3 is 0 Å². The molecule has 0 aromatic carbocycles. The Hall–Kier alpha value is -1.06. The summed E-state index contributed by atoms with van der Waals surface area (Å²) >= 11 is 0. The number of hydrogen-bond donors (Lipinski definition) is 1. The Bertz CT molecular complexity index is 61.9. The normalized spacial score (nSPS) is 2.29. The lowest BCUT2D eigenvalue weighted by Gasteiger charge is -1.15. The van der Waals surface area contributed by atoms with E-state index in [1.54, 1.807) is 12.1 Å². The molecule has 0 atom stereocenters. The van der Waals surface area contributed by atoms with Crippen molar-refractivity contribution < 1.29 is 0 Å². The fourth-order valence-electron chi connectivity index (χ4n) is 0. The second-order valence-corrected chi connectivity index (χ2v) is 0.447. The molecule has 0 radical (unpaired) electrons. The van der Waals surface area contributed by atoms with E-state index in [2.05, 4.69) is 0 Å². The molecule has 0 fully saturated rings. The molecule has 0 heterocycles. The average Bonchev–Trinajstić information content (AvgIpc) is 1.39. The molecule has 3 heteroatoms. The molecule has 0 saturated carbocycles. The van der Waals surface area contributed by atoms with Gasteiger partial charge in [0.25, 0.3) is 0 Å². The van der Waals surface area contributed by atoms with Crippen molar-refractivity contribution >= 4 is 0 Å². The molecule has 0 bridgehead atoms. The molecule has 0 aromatic heterocycles. The van der Waals surface area contributed by atoms with Crippen molar-refractivity contribution in [1.29, 1.82) is 10.5 Å². The first-order chi connectivity index (χ1) is 2.83. The lowest BCUT2D eigenvalue weighted by Crippen LogP contribution is -1.10. The van der Waals surface area contributed by atoms with Gasteiger partial charge in [-0.3, -0.25) is 0 Å². The first kappa shape index (κ1) is 16.8. The summed E-state index contributed by atoms with van der Waals surface area (Å²) in [6.45, 7) is 2.86. The zero-order valence-corrected chi connectivity index (χ0v) is 4.60. The maximum Gasteiger partial charge on any atom is 0.0587 e. The summed E-state index contributed by atoms with van der Waals surface area (Å²) in [4.78, 5) is 0. The topological polar surface area (TPSA) is 82.6 Å². The minimum atomic E-state index is 0. The summed E-state index contributed by atoms with van der Waals surface area (Å²) in [5, 5.41) is 14.6. The Kier molecular flexibility index (Phi) is 208. The molecular formula is C4H9N3. The van der Waals surface area contributed by atoms with E-state index < -0.39 is 0 Å². The van der Waals surface area contributed by atoms with Crippen LogP contribution in [0.1, 0.15) is 13.8 Å². The van der Waals surface area contributed by atoms with E-state index in [-0.39, 0.29) is 6.15 Å². The minimum Gasteiger partial charge on any atom is -0.344 e. The highest BCUT2D eigenvalue weighted by molar-refractivity contribution is 4.51. The van der Waals surface area contributed by atoms with Crippen LogP contribution in [0, 0.1) is 22.7 Å². The lowest BCUT2D eigenvalue weighted by molar-refractivity contribution is 1.49. The van der Waals surface area contributed by atoms with Crippen molar-refractivity contribution in [2.24, 2.45) is 0 Å². The van der Waals surface area contributed by atoms with Crippen LogP contribution in [-0.4, -0.2) is 0 Å². The third-order valence-corrected chi connectivity index (χ3v) is 0. The van der Waals surface area contributed by atoms with Gasteiger partial charge in [-0.1, -0.05) is 0 Å². The second kappa shape index (κ2) is 86.8. The fourth-order valence-corrected chi connectivity index (χ4v) is 0. The first-order valence-corrected chi connectivity index (χ1v) is 1.45. The second-order valence-electron chi connectivity index (χ2n) is 0.447. The average molecular weight is 99.1 g/mol. The monoisotopic (exact) mass is 99.1 g/mol. The van der Waals surface area contributed by atoms with E-state index in [0.717, 1.165) is 0 Å². The molecule has 0 aromatic rings. The summed E-state index contributed by atoms with van der Waals surface area (Å²) in [7, 11) is 0. The van der Waals surface area contributed by atoms with Crippen LogP contribution in [0.25, 0.3) is 0 Å². The SMILES string of the molecule is CC#N.CC#N.N. The van der Waals surface area contributed by atoms with E-state index >= 15 is 0 Å². The predicted molar refractivity (Wildman–Crippen MR) is 27.6 cm³/mol. The Balaban J connectivity index is -0.0000000400. The van der Waals surface area contributed by atoms with Crippen LogP contribution in [-0.2, 0) is 0 Å². The fraction of sp³-hybridized carbons (Fsp3) is 0.500. The van der Waals surface area contributed by atoms with Crippen molar-refractivity contribution in [2.75, 3.05) is 0 Å². The molecule has 0 saturated heterocycles. The molecule has 3 nitrogen and oxygen atoms in total. The molecule has 40 valence electrons. The summed E-state index contributed by atoms with van der Waals surface area (Å²) in [5.41, 5.74) is 0. The largest absolute Gasteiger partial charge is 0.344 e. The smallest absolute Gasteiger partial charge is 0.0587 e. The molecule has 0 spiro atoms. The van der Waals surface area contributed by atoms with E-state index in [4.69, 9.17) is 10.5 Å². The van der Waals surface area contributed by atoms with Crippen LogP contribution in [0.5, 0.6) is 0 Å². The molecule has 0 amide bonds. The van der Waals surface area contributed by atoms with E-state index in [1.165, 1.54) is 13.8 Å².